The lowest BCUT2D eigenvalue weighted by atomic mass is 9.86. The number of benzene rings is 1. The second kappa shape index (κ2) is 7.25. The molecule has 1 aromatic carbocycles. The van der Waals surface area contributed by atoms with E-state index in [1.807, 2.05) is 0 Å². The molecule has 3 rings (SSSR count). The van der Waals surface area contributed by atoms with Crippen LogP contribution >= 0.6 is 0 Å². The average molecular weight is 349 g/mol. The monoisotopic (exact) mass is 349 g/mol. The fraction of sp³-hybridized carbons (Fsp3) is 0.471. The molecule has 1 aromatic heterocycles. The smallest absolute Gasteiger partial charge is 0.266 e. The fourth-order valence-corrected chi connectivity index (χ4v) is 4.42. The van der Waals surface area contributed by atoms with Gasteiger partial charge in [0, 0.05) is 11.8 Å². The van der Waals surface area contributed by atoms with Gasteiger partial charge >= 0.3 is 0 Å². The van der Waals surface area contributed by atoms with Gasteiger partial charge in [-0.3, -0.25) is 9.82 Å². The Morgan fingerprint density at radius 2 is 2.00 bits per heavy atom. The van der Waals surface area contributed by atoms with E-state index >= 15 is 0 Å². The third-order valence-corrected chi connectivity index (χ3v) is 5.86. The third kappa shape index (κ3) is 3.90. The lowest BCUT2D eigenvalue weighted by molar-refractivity contribution is 0.354. The van der Waals surface area contributed by atoms with Crippen molar-refractivity contribution in [3.05, 3.63) is 36.0 Å². The molecule has 6 nitrogen and oxygen atoms in total. The number of nitrogens with zero attached hydrogens (tertiary/aromatic N) is 1. The number of H-pyrrole nitrogens is 1. The summed E-state index contributed by atoms with van der Waals surface area (Å²) in [6.07, 6.45) is 7.29. The number of hydrogen-bond acceptors (Lipinski definition) is 4. The number of ether oxygens (including phenoxy) is 1. The minimum absolute atomic E-state index is 0.101. The van der Waals surface area contributed by atoms with Gasteiger partial charge in [0.15, 0.2) is 5.82 Å². The third-order valence-electron chi connectivity index (χ3n) is 4.46. The minimum Gasteiger partial charge on any atom is -0.495 e. The lowest BCUT2D eigenvalue weighted by Crippen LogP contribution is -2.14. The maximum atomic E-state index is 12.5. The Labute approximate surface area is 142 Å². The summed E-state index contributed by atoms with van der Waals surface area (Å²) in [6, 6.07) is 8.30. The van der Waals surface area contributed by atoms with E-state index in [2.05, 4.69) is 14.9 Å². The molecule has 0 unspecified atom stereocenters. The van der Waals surface area contributed by atoms with E-state index < -0.39 is 10.0 Å². The summed E-state index contributed by atoms with van der Waals surface area (Å²) in [7, 11) is -2.28. The van der Waals surface area contributed by atoms with Crippen LogP contribution in [0.2, 0.25) is 0 Å². The summed E-state index contributed by atoms with van der Waals surface area (Å²) in [6.45, 7) is 0. The predicted octanol–water partition coefficient (Wildman–Crippen LogP) is 3.34. The SMILES string of the molecule is COc1ccccc1S(=O)(=O)Nc1cc(CC2CCCCC2)[nH]n1. The van der Waals surface area contributed by atoms with Gasteiger partial charge in [0.05, 0.1) is 7.11 Å². The van der Waals surface area contributed by atoms with E-state index in [0.717, 1.165) is 12.1 Å². The number of hydrogen-bond donors (Lipinski definition) is 2. The Morgan fingerprint density at radius 1 is 1.25 bits per heavy atom. The Bertz CT molecular complexity index is 780. The van der Waals surface area contributed by atoms with Gasteiger partial charge in [-0.2, -0.15) is 5.10 Å². The highest BCUT2D eigenvalue weighted by atomic mass is 32.2. The normalized spacial score (nSPS) is 16.0. The van der Waals surface area contributed by atoms with E-state index in [1.54, 1.807) is 24.3 Å². The zero-order valence-corrected chi connectivity index (χ0v) is 14.6. The van der Waals surface area contributed by atoms with Crippen LogP contribution in [0.4, 0.5) is 5.82 Å². The van der Waals surface area contributed by atoms with Crippen molar-refractivity contribution < 1.29 is 13.2 Å². The van der Waals surface area contributed by atoms with Gasteiger partial charge in [-0.1, -0.05) is 44.2 Å². The number of anilines is 1. The van der Waals surface area contributed by atoms with E-state index in [4.69, 9.17) is 4.74 Å². The van der Waals surface area contributed by atoms with E-state index in [9.17, 15) is 8.42 Å². The van der Waals surface area contributed by atoms with Gasteiger partial charge in [0.2, 0.25) is 0 Å². The topological polar surface area (TPSA) is 84.1 Å². The molecule has 1 aliphatic rings. The molecule has 1 heterocycles. The van der Waals surface area contributed by atoms with Crippen LogP contribution in [0, 0.1) is 5.92 Å². The van der Waals surface area contributed by atoms with Crippen LogP contribution in [-0.2, 0) is 16.4 Å². The molecule has 2 aromatic rings. The van der Waals surface area contributed by atoms with Crippen molar-refractivity contribution in [2.45, 2.75) is 43.4 Å². The van der Waals surface area contributed by atoms with Crippen LogP contribution in [-0.4, -0.2) is 25.7 Å². The number of aromatic nitrogens is 2. The number of para-hydroxylation sites is 1. The average Bonchev–Trinajstić information content (AvgIpc) is 3.02. The predicted molar refractivity (Wildman–Crippen MR) is 92.7 cm³/mol. The molecule has 0 atom stereocenters. The molecule has 0 saturated heterocycles. The Balaban J connectivity index is 1.71. The fourth-order valence-electron chi connectivity index (χ4n) is 3.25. The van der Waals surface area contributed by atoms with Gasteiger partial charge in [-0.25, -0.2) is 8.42 Å². The molecule has 130 valence electrons. The van der Waals surface area contributed by atoms with Gasteiger partial charge in [-0.15, -0.1) is 0 Å². The summed E-state index contributed by atoms with van der Waals surface area (Å²) < 4.78 is 32.7. The lowest BCUT2D eigenvalue weighted by Gasteiger charge is -2.20. The molecular weight excluding hydrogens is 326 g/mol. The van der Waals surface area contributed by atoms with Crippen molar-refractivity contribution >= 4 is 15.8 Å². The maximum absolute atomic E-state index is 12.5. The van der Waals surface area contributed by atoms with Crippen LogP contribution < -0.4 is 9.46 Å². The molecule has 0 aliphatic heterocycles. The highest BCUT2D eigenvalue weighted by Crippen LogP contribution is 2.28. The molecule has 0 bridgehead atoms. The van der Waals surface area contributed by atoms with Crippen LogP contribution in [0.15, 0.2) is 35.2 Å². The Kier molecular flexibility index (Phi) is 5.08. The standard InChI is InChI=1S/C17H23N3O3S/c1-23-15-9-5-6-10-16(15)24(21,22)20-17-12-14(18-19-17)11-13-7-3-2-4-8-13/h5-6,9-10,12-13H,2-4,7-8,11H2,1H3,(H2,18,19,20). The molecule has 7 heteroatoms. The number of nitrogens with one attached hydrogen (secondary N) is 2. The van der Waals surface area contributed by atoms with Crippen LogP contribution in [0.5, 0.6) is 5.75 Å². The molecule has 1 fully saturated rings. The summed E-state index contributed by atoms with van der Waals surface area (Å²) in [4.78, 5) is 0.101. The van der Waals surface area contributed by atoms with Crippen molar-refractivity contribution in [2.24, 2.45) is 5.92 Å². The molecule has 24 heavy (non-hydrogen) atoms. The summed E-state index contributed by atoms with van der Waals surface area (Å²) in [5.74, 6) is 1.28. The first-order valence-electron chi connectivity index (χ1n) is 8.28. The highest BCUT2D eigenvalue weighted by Gasteiger charge is 2.21. The summed E-state index contributed by atoms with van der Waals surface area (Å²) in [5, 5.41) is 7.04. The van der Waals surface area contributed by atoms with E-state index in [-0.39, 0.29) is 4.90 Å². The summed E-state index contributed by atoms with van der Waals surface area (Å²) >= 11 is 0. The second-order valence-corrected chi connectivity index (χ2v) is 7.89. The van der Waals surface area contributed by atoms with Gasteiger partial charge in [0.25, 0.3) is 10.0 Å². The largest absolute Gasteiger partial charge is 0.495 e. The molecule has 0 radical (unpaired) electrons. The van der Waals surface area contributed by atoms with Crippen molar-refractivity contribution in [3.8, 4) is 5.75 Å². The molecular formula is C17H23N3O3S. The maximum Gasteiger partial charge on any atom is 0.266 e. The summed E-state index contributed by atoms with van der Waals surface area (Å²) in [5.41, 5.74) is 0.972. The first-order chi connectivity index (χ1) is 11.6. The molecule has 0 spiro atoms. The van der Waals surface area contributed by atoms with E-state index in [1.165, 1.54) is 45.3 Å². The number of rotatable bonds is 6. The molecule has 1 aliphatic carbocycles. The second-order valence-electron chi connectivity index (χ2n) is 6.24. The highest BCUT2D eigenvalue weighted by molar-refractivity contribution is 7.92. The minimum atomic E-state index is -3.73. The van der Waals surface area contributed by atoms with Crippen LogP contribution in [0.3, 0.4) is 0 Å². The van der Waals surface area contributed by atoms with Crippen molar-refractivity contribution in [1.82, 2.24) is 10.2 Å². The van der Waals surface area contributed by atoms with Gasteiger partial charge in [-0.05, 0) is 24.5 Å². The van der Waals surface area contributed by atoms with Gasteiger partial charge < -0.3 is 4.74 Å². The van der Waals surface area contributed by atoms with Gasteiger partial charge in [0.1, 0.15) is 10.6 Å². The zero-order chi connectivity index (χ0) is 17.0. The quantitative estimate of drug-likeness (QED) is 0.838. The van der Waals surface area contributed by atoms with Crippen molar-refractivity contribution in [1.29, 1.82) is 0 Å². The van der Waals surface area contributed by atoms with Crippen LogP contribution in [0.25, 0.3) is 0 Å². The number of sulfonamides is 1. The van der Waals surface area contributed by atoms with Crippen molar-refractivity contribution in [2.75, 3.05) is 11.8 Å². The molecule has 2 N–H and O–H groups in total. The number of aromatic amines is 1. The Morgan fingerprint density at radius 3 is 2.75 bits per heavy atom. The molecule has 0 amide bonds. The first-order valence-corrected chi connectivity index (χ1v) is 9.77. The first kappa shape index (κ1) is 16.8. The van der Waals surface area contributed by atoms with Crippen molar-refractivity contribution in [3.63, 3.8) is 0 Å². The molecule has 1 saturated carbocycles. The van der Waals surface area contributed by atoms with Crippen LogP contribution in [0.1, 0.15) is 37.8 Å². The zero-order valence-electron chi connectivity index (χ0n) is 13.8. The Hall–Kier alpha value is -2.02. The van der Waals surface area contributed by atoms with E-state index in [0.29, 0.717) is 17.5 Å². The number of methoxy groups -OCH3 is 1.